The van der Waals surface area contributed by atoms with Crippen LogP contribution in [0.3, 0.4) is 0 Å². The second-order valence-corrected chi connectivity index (χ2v) is 10.9. The van der Waals surface area contributed by atoms with Crippen molar-refractivity contribution in [2.75, 3.05) is 12.4 Å². The van der Waals surface area contributed by atoms with Crippen LogP contribution < -0.4 is 20.7 Å². The first-order valence-corrected chi connectivity index (χ1v) is 12.8. The number of nitrogens with one attached hydrogen (secondary N) is 3. The number of carbonyl (C=O) groups is 1. The standard InChI is InChI=1S/C26H27N3O4S/c1-16(17-5-8-23(33-2)9-6-17)28-26(30)29-22-7-10-24-20(12-22)13-25(34(24,31)32)18-3-4-19-14-27-15-21(19)11-18/h3-12,16,25,27H,13-15H2,1-2H3,(H2,28,29,30). The van der Waals surface area contributed by atoms with Crippen molar-refractivity contribution in [2.24, 2.45) is 0 Å². The molecule has 0 bridgehead atoms. The third kappa shape index (κ3) is 4.15. The largest absolute Gasteiger partial charge is 0.497 e. The summed E-state index contributed by atoms with van der Waals surface area (Å²) in [4.78, 5) is 12.9. The van der Waals surface area contributed by atoms with E-state index in [1.165, 1.54) is 5.56 Å². The number of hydrogen-bond donors (Lipinski definition) is 3. The van der Waals surface area contributed by atoms with E-state index in [1.54, 1.807) is 25.3 Å². The van der Waals surface area contributed by atoms with Crippen molar-refractivity contribution in [3.05, 3.63) is 88.5 Å². The number of urea groups is 1. The van der Waals surface area contributed by atoms with Gasteiger partial charge in [-0.2, -0.15) is 0 Å². The Hall–Kier alpha value is -3.36. The lowest BCUT2D eigenvalue weighted by Gasteiger charge is -2.16. The Labute approximate surface area is 199 Å². The molecule has 2 aliphatic rings. The van der Waals surface area contributed by atoms with E-state index in [-0.39, 0.29) is 12.1 Å². The Bertz CT molecular complexity index is 1350. The van der Waals surface area contributed by atoms with E-state index < -0.39 is 15.1 Å². The van der Waals surface area contributed by atoms with Gasteiger partial charge in [-0.3, -0.25) is 0 Å². The molecule has 5 rings (SSSR count). The molecule has 34 heavy (non-hydrogen) atoms. The van der Waals surface area contributed by atoms with Crippen LogP contribution in [-0.2, 0) is 29.3 Å². The van der Waals surface area contributed by atoms with E-state index in [0.29, 0.717) is 17.0 Å². The van der Waals surface area contributed by atoms with Crippen LogP contribution in [0.1, 0.15) is 46.0 Å². The topological polar surface area (TPSA) is 96.5 Å². The fourth-order valence-corrected chi connectivity index (χ4v) is 6.68. The summed E-state index contributed by atoms with van der Waals surface area (Å²) >= 11 is 0. The number of benzene rings is 3. The van der Waals surface area contributed by atoms with Gasteiger partial charge >= 0.3 is 6.03 Å². The molecule has 2 unspecified atom stereocenters. The number of carbonyl (C=O) groups excluding carboxylic acids is 1. The normalized spacial score (nSPS) is 18.6. The van der Waals surface area contributed by atoms with E-state index in [0.717, 1.165) is 41.1 Å². The first kappa shape index (κ1) is 22.4. The van der Waals surface area contributed by atoms with Crippen LogP contribution in [-0.4, -0.2) is 21.6 Å². The summed E-state index contributed by atoms with van der Waals surface area (Å²) in [5.74, 6) is 0.753. The number of ether oxygens (including phenoxy) is 1. The average Bonchev–Trinajstić information content (AvgIpc) is 3.40. The number of rotatable bonds is 5. The average molecular weight is 478 g/mol. The fraction of sp³-hybridized carbons (Fsp3) is 0.269. The number of amides is 2. The second kappa shape index (κ2) is 8.77. The van der Waals surface area contributed by atoms with Crippen molar-refractivity contribution < 1.29 is 17.9 Å². The van der Waals surface area contributed by atoms with Gasteiger partial charge < -0.3 is 20.7 Å². The fourth-order valence-electron chi connectivity index (χ4n) is 4.71. The van der Waals surface area contributed by atoms with Crippen LogP contribution in [0.4, 0.5) is 10.5 Å². The van der Waals surface area contributed by atoms with Crippen LogP contribution >= 0.6 is 0 Å². The summed E-state index contributed by atoms with van der Waals surface area (Å²) in [7, 11) is -1.87. The Morgan fingerprint density at radius 3 is 2.53 bits per heavy atom. The van der Waals surface area contributed by atoms with Crippen LogP contribution in [0.25, 0.3) is 0 Å². The highest BCUT2D eigenvalue weighted by Gasteiger charge is 2.38. The van der Waals surface area contributed by atoms with Crippen molar-refractivity contribution in [1.29, 1.82) is 0 Å². The van der Waals surface area contributed by atoms with Crippen molar-refractivity contribution in [1.82, 2.24) is 10.6 Å². The van der Waals surface area contributed by atoms with Gasteiger partial charge in [0.1, 0.15) is 5.75 Å². The molecule has 2 heterocycles. The number of anilines is 1. The minimum Gasteiger partial charge on any atom is -0.497 e. The van der Waals surface area contributed by atoms with Gasteiger partial charge in [0, 0.05) is 18.8 Å². The summed E-state index contributed by atoms with van der Waals surface area (Å²) in [6.45, 7) is 3.48. The predicted octanol–water partition coefficient (Wildman–Crippen LogP) is 4.25. The zero-order valence-corrected chi connectivity index (χ0v) is 19.9. The van der Waals surface area contributed by atoms with Gasteiger partial charge in [0.05, 0.1) is 23.3 Å². The lowest BCUT2D eigenvalue weighted by Crippen LogP contribution is -2.31. The maximum absolute atomic E-state index is 13.2. The highest BCUT2D eigenvalue weighted by molar-refractivity contribution is 7.92. The Kier molecular flexibility index (Phi) is 5.79. The van der Waals surface area contributed by atoms with Crippen LogP contribution in [0.5, 0.6) is 5.75 Å². The van der Waals surface area contributed by atoms with Crippen molar-refractivity contribution in [2.45, 2.75) is 42.6 Å². The highest BCUT2D eigenvalue weighted by Crippen LogP contribution is 2.42. The molecule has 2 atom stereocenters. The van der Waals surface area contributed by atoms with Gasteiger partial charge in [-0.25, -0.2) is 13.2 Å². The molecule has 3 aromatic carbocycles. The summed E-state index contributed by atoms with van der Waals surface area (Å²) in [5, 5.41) is 8.44. The van der Waals surface area contributed by atoms with Gasteiger partial charge in [0.25, 0.3) is 0 Å². The van der Waals surface area contributed by atoms with Crippen LogP contribution in [0.15, 0.2) is 65.6 Å². The van der Waals surface area contributed by atoms with Crippen molar-refractivity contribution >= 4 is 21.6 Å². The third-order valence-electron chi connectivity index (χ3n) is 6.60. The van der Waals surface area contributed by atoms with Gasteiger partial charge in [-0.1, -0.05) is 30.3 Å². The number of methoxy groups -OCH3 is 1. The van der Waals surface area contributed by atoms with Gasteiger partial charge in [-0.15, -0.1) is 0 Å². The number of fused-ring (bicyclic) bond motifs is 2. The number of hydrogen-bond acceptors (Lipinski definition) is 5. The molecule has 0 aliphatic carbocycles. The molecule has 7 nitrogen and oxygen atoms in total. The molecular weight excluding hydrogens is 450 g/mol. The number of sulfone groups is 1. The molecule has 8 heteroatoms. The van der Waals surface area contributed by atoms with E-state index in [9.17, 15) is 13.2 Å². The summed E-state index contributed by atoms with van der Waals surface area (Å²) in [6, 6.07) is 17.9. The molecule has 0 aromatic heterocycles. The minimum atomic E-state index is -3.48. The monoisotopic (exact) mass is 477 g/mol. The summed E-state index contributed by atoms with van der Waals surface area (Å²) < 4.78 is 31.7. The van der Waals surface area contributed by atoms with Gasteiger partial charge in [0.2, 0.25) is 0 Å². The minimum absolute atomic E-state index is 0.209. The lowest BCUT2D eigenvalue weighted by molar-refractivity contribution is 0.249. The summed E-state index contributed by atoms with van der Waals surface area (Å²) in [5.41, 5.74) is 5.44. The quantitative estimate of drug-likeness (QED) is 0.511. The van der Waals surface area contributed by atoms with Crippen molar-refractivity contribution in [3.8, 4) is 5.75 Å². The molecule has 0 saturated carbocycles. The van der Waals surface area contributed by atoms with Gasteiger partial charge in [0.15, 0.2) is 9.84 Å². The van der Waals surface area contributed by atoms with Crippen LogP contribution in [0.2, 0.25) is 0 Å². The summed E-state index contributed by atoms with van der Waals surface area (Å²) in [6.07, 6.45) is 0.392. The Morgan fingerprint density at radius 1 is 1.00 bits per heavy atom. The SMILES string of the molecule is COc1ccc(C(C)NC(=O)Nc2ccc3c(c2)CC(c2ccc4c(c2)CNC4)S3(=O)=O)cc1. The zero-order chi connectivity index (χ0) is 23.9. The maximum Gasteiger partial charge on any atom is 0.319 e. The predicted molar refractivity (Wildman–Crippen MR) is 131 cm³/mol. The first-order valence-electron chi connectivity index (χ1n) is 11.3. The molecule has 0 spiro atoms. The third-order valence-corrected chi connectivity index (χ3v) is 8.80. The van der Waals surface area contributed by atoms with E-state index in [1.807, 2.05) is 49.4 Å². The lowest BCUT2D eigenvalue weighted by atomic mass is 10.00. The molecule has 0 fully saturated rings. The van der Waals surface area contributed by atoms with Crippen molar-refractivity contribution in [3.63, 3.8) is 0 Å². The Balaban J connectivity index is 1.29. The molecule has 176 valence electrons. The zero-order valence-electron chi connectivity index (χ0n) is 19.1. The van der Waals surface area contributed by atoms with E-state index in [2.05, 4.69) is 16.0 Å². The molecule has 2 aliphatic heterocycles. The molecule has 3 N–H and O–H groups in total. The Morgan fingerprint density at radius 2 is 1.76 bits per heavy atom. The maximum atomic E-state index is 13.2. The smallest absolute Gasteiger partial charge is 0.319 e. The molecular formula is C26H27N3O4S. The molecule has 0 radical (unpaired) electrons. The molecule has 0 saturated heterocycles. The van der Waals surface area contributed by atoms with E-state index >= 15 is 0 Å². The second-order valence-electron chi connectivity index (χ2n) is 8.79. The van der Waals surface area contributed by atoms with Crippen LogP contribution in [0, 0.1) is 0 Å². The molecule has 3 aromatic rings. The highest BCUT2D eigenvalue weighted by atomic mass is 32.2. The van der Waals surface area contributed by atoms with E-state index in [4.69, 9.17) is 4.74 Å². The van der Waals surface area contributed by atoms with Gasteiger partial charge in [-0.05, 0) is 71.5 Å². The molecule has 2 amide bonds. The first-order chi connectivity index (χ1) is 16.3.